The van der Waals surface area contributed by atoms with Crippen LogP contribution in [0.15, 0.2) is 50.9 Å². The van der Waals surface area contributed by atoms with Crippen molar-refractivity contribution < 1.29 is 0 Å². The Balaban J connectivity index is 1.29. The summed E-state index contributed by atoms with van der Waals surface area (Å²) in [6.45, 7) is 10.4. The summed E-state index contributed by atoms with van der Waals surface area (Å²) in [5.41, 5.74) is 4.44. The Morgan fingerprint density at radius 1 is 0.969 bits per heavy atom. The molecule has 0 bridgehead atoms. The minimum Gasteiger partial charge on any atom is -0.354 e. The lowest BCUT2D eigenvalue weighted by atomic mass is 10.1. The van der Waals surface area contributed by atoms with Crippen LogP contribution in [0.25, 0.3) is 0 Å². The Kier molecular flexibility index (Phi) is 5.70. The zero-order valence-corrected chi connectivity index (χ0v) is 19.1. The zero-order chi connectivity index (χ0) is 22.1. The average Bonchev–Trinajstić information content (AvgIpc) is 3.42. The van der Waals surface area contributed by atoms with Gasteiger partial charge in [-0.05, 0) is 39.0 Å². The van der Waals surface area contributed by atoms with E-state index in [-0.39, 0.29) is 0 Å². The molecule has 3 aliphatic heterocycles. The third-order valence-corrected chi connectivity index (χ3v) is 6.26. The first-order chi connectivity index (χ1) is 15.5. The molecule has 1 aromatic carbocycles. The lowest BCUT2D eigenvalue weighted by Crippen LogP contribution is -2.47. The maximum atomic E-state index is 4.78. The summed E-state index contributed by atoms with van der Waals surface area (Å²) >= 11 is 0. The highest BCUT2D eigenvalue weighted by molar-refractivity contribution is 6.15. The predicted octanol–water partition coefficient (Wildman–Crippen LogP) is 2.12. The molecule has 0 radical (unpaired) electrons. The molecule has 0 atom stereocenters. The van der Waals surface area contributed by atoms with Crippen LogP contribution in [0.2, 0.25) is 0 Å². The number of aliphatic imine (C=N–C) groups is 3. The fourth-order valence-corrected chi connectivity index (χ4v) is 4.18. The molecule has 0 spiro atoms. The highest BCUT2D eigenvalue weighted by Crippen LogP contribution is 2.16. The molecule has 0 amide bonds. The van der Waals surface area contributed by atoms with Crippen LogP contribution in [0, 0.1) is 13.8 Å². The highest BCUT2D eigenvalue weighted by atomic mass is 15.4. The lowest BCUT2D eigenvalue weighted by Gasteiger charge is -2.34. The summed E-state index contributed by atoms with van der Waals surface area (Å²) in [6, 6.07) is 8.29. The number of rotatable bonds is 4. The van der Waals surface area contributed by atoms with Crippen LogP contribution in [-0.2, 0) is 6.54 Å². The van der Waals surface area contributed by atoms with Gasteiger partial charge in [0.2, 0.25) is 0 Å². The van der Waals surface area contributed by atoms with E-state index in [0.717, 1.165) is 74.5 Å². The van der Waals surface area contributed by atoms with Crippen LogP contribution in [0.3, 0.4) is 0 Å². The number of nitrogens with zero attached hydrogens (tertiary/aromatic N) is 8. The van der Waals surface area contributed by atoms with Crippen LogP contribution < -0.4 is 0 Å². The molecule has 3 aliphatic rings. The van der Waals surface area contributed by atoms with Gasteiger partial charge in [-0.15, -0.1) is 5.10 Å². The third kappa shape index (κ3) is 4.41. The molecule has 4 heterocycles. The number of dihydropyridines is 1. The van der Waals surface area contributed by atoms with Crippen molar-refractivity contribution in [1.82, 2.24) is 24.6 Å². The van der Waals surface area contributed by atoms with Gasteiger partial charge in [-0.25, -0.2) is 14.7 Å². The molecule has 32 heavy (non-hydrogen) atoms. The van der Waals surface area contributed by atoms with E-state index in [0.29, 0.717) is 12.4 Å². The highest BCUT2D eigenvalue weighted by Gasteiger charge is 2.21. The summed E-state index contributed by atoms with van der Waals surface area (Å²) in [4.78, 5) is 23.6. The molecule has 2 aromatic rings. The second-order valence-corrected chi connectivity index (χ2v) is 8.79. The number of aryl methyl sites for hydroxylation is 2. The van der Waals surface area contributed by atoms with Gasteiger partial charge in [0.15, 0.2) is 11.7 Å². The van der Waals surface area contributed by atoms with Crippen LogP contribution in [0.5, 0.6) is 0 Å². The first kappa shape index (κ1) is 20.8. The Morgan fingerprint density at radius 2 is 1.75 bits per heavy atom. The van der Waals surface area contributed by atoms with Crippen LogP contribution in [0.1, 0.15) is 29.2 Å². The Bertz CT molecular complexity index is 1110. The van der Waals surface area contributed by atoms with Crippen LogP contribution in [0.4, 0.5) is 0 Å². The molecule has 1 aromatic heterocycles. The summed E-state index contributed by atoms with van der Waals surface area (Å²) < 4.78 is 1.99. The van der Waals surface area contributed by atoms with Crippen molar-refractivity contribution in [3.8, 4) is 0 Å². The second kappa shape index (κ2) is 8.78. The smallest absolute Gasteiger partial charge is 0.197 e. The maximum Gasteiger partial charge on any atom is 0.197 e. The van der Waals surface area contributed by atoms with Crippen molar-refractivity contribution >= 4 is 17.4 Å². The van der Waals surface area contributed by atoms with Crippen molar-refractivity contribution in [1.29, 1.82) is 0 Å². The van der Waals surface area contributed by atoms with E-state index in [2.05, 4.69) is 59.1 Å². The van der Waals surface area contributed by atoms with Crippen LogP contribution >= 0.6 is 0 Å². The van der Waals surface area contributed by atoms with Crippen molar-refractivity contribution in [2.75, 3.05) is 46.3 Å². The number of hydrogen-bond donors (Lipinski definition) is 0. The monoisotopic (exact) mass is 430 g/mol. The van der Waals surface area contributed by atoms with E-state index in [1.807, 2.05) is 11.6 Å². The minimum atomic E-state index is 0.523. The SMILES string of the molecule is Cc1ccc(C2=NCC(c3nc(C)n(CC4=CC(N5CCN(C)CC5)=NCC4)n3)=N2)cc1. The van der Waals surface area contributed by atoms with Crippen LogP contribution in [-0.4, -0.2) is 88.3 Å². The summed E-state index contributed by atoms with van der Waals surface area (Å²) in [5, 5.41) is 4.78. The summed E-state index contributed by atoms with van der Waals surface area (Å²) in [7, 11) is 2.18. The Morgan fingerprint density at radius 3 is 2.53 bits per heavy atom. The van der Waals surface area contributed by atoms with Gasteiger partial charge >= 0.3 is 0 Å². The number of benzene rings is 1. The Hall–Kier alpha value is -3.13. The minimum absolute atomic E-state index is 0.523. The van der Waals surface area contributed by atoms with Gasteiger partial charge in [-0.2, -0.15) is 0 Å². The second-order valence-electron chi connectivity index (χ2n) is 8.79. The van der Waals surface area contributed by atoms with E-state index in [1.165, 1.54) is 11.1 Å². The maximum absolute atomic E-state index is 4.78. The number of amidine groups is 2. The van der Waals surface area contributed by atoms with E-state index >= 15 is 0 Å². The van der Waals surface area contributed by atoms with Gasteiger partial charge in [0, 0.05) is 38.3 Å². The molecule has 0 aliphatic carbocycles. The Labute approximate surface area is 189 Å². The molecular formula is C24H30N8. The van der Waals surface area contributed by atoms with E-state index in [9.17, 15) is 0 Å². The normalized spacial score (nSPS) is 19.5. The zero-order valence-electron chi connectivity index (χ0n) is 19.1. The first-order valence-electron chi connectivity index (χ1n) is 11.3. The van der Waals surface area contributed by atoms with Gasteiger partial charge in [-0.3, -0.25) is 9.98 Å². The largest absolute Gasteiger partial charge is 0.354 e. The van der Waals surface area contributed by atoms with E-state index in [4.69, 9.17) is 20.1 Å². The van der Waals surface area contributed by atoms with Gasteiger partial charge < -0.3 is 9.80 Å². The quantitative estimate of drug-likeness (QED) is 0.745. The van der Waals surface area contributed by atoms with Gasteiger partial charge in [-0.1, -0.05) is 29.8 Å². The fraction of sp³-hybridized carbons (Fsp3) is 0.458. The molecule has 166 valence electrons. The molecule has 5 rings (SSSR count). The van der Waals surface area contributed by atoms with Gasteiger partial charge in [0.1, 0.15) is 17.4 Å². The van der Waals surface area contributed by atoms with E-state index in [1.54, 1.807) is 0 Å². The number of aromatic nitrogens is 3. The van der Waals surface area contributed by atoms with Crippen molar-refractivity contribution in [2.24, 2.45) is 15.0 Å². The van der Waals surface area contributed by atoms with Crippen molar-refractivity contribution in [2.45, 2.75) is 26.8 Å². The lowest BCUT2D eigenvalue weighted by molar-refractivity contribution is 0.215. The number of piperazine rings is 1. The third-order valence-electron chi connectivity index (χ3n) is 6.26. The molecule has 1 saturated heterocycles. The van der Waals surface area contributed by atoms with Crippen molar-refractivity contribution in [3.63, 3.8) is 0 Å². The summed E-state index contributed by atoms with van der Waals surface area (Å²) in [5.74, 6) is 3.46. The topological polar surface area (TPSA) is 74.3 Å². The molecule has 0 unspecified atom stereocenters. The average molecular weight is 431 g/mol. The molecule has 0 saturated carbocycles. The molecular weight excluding hydrogens is 400 g/mol. The van der Waals surface area contributed by atoms with Gasteiger partial charge in [0.25, 0.3) is 0 Å². The predicted molar refractivity (Wildman–Crippen MR) is 128 cm³/mol. The number of likely N-dealkylation sites (N-methyl/N-ethyl adjacent to an activating group) is 1. The molecule has 0 N–H and O–H groups in total. The first-order valence-corrected chi connectivity index (χ1v) is 11.3. The standard InChI is InChI=1S/C24H30N8/c1-17-4-6-20(7-5-17)23-26-15-21(28-23)24-27-18(2)32(29-24)16-19-8-9-25-22(14-19)31-12-10-30(3)11-13-31/h4-7,14H,8-13,15-16H2,1-3H3. The number of hydrogen-bond acceptors (Lipinski definition) is 7. The fourth-order valence-electron chi connectivity index (χ4n) is 4.18. The summed E-state index contributed by atoms with van der Waals surface area (Å²) in [6.07, 6.45) is 3.22. The van der Waals surface area contributed by atoms with Gasteiger partial charge in [0.05, 0.1) is 13.1 Å². The molecule has 8 heteroatoms. The molecule has 8 nitrogen and oxygen atoms in total. The molecule has 1 fully saturated rings. The van der Waals surface area contributed by atoms with Crippen molar-refractivity contribution in [3.05, 3.63) is 58.7 Å². The van der Waals surface area contributed by atoms with E-state index < -0.39 is 0 Å².